The molecule has 0 spiro atoms. The van der Waals surface area contributed by atoms with Crippen LogP contribution in [0.2, 0.25) is 0 Å². The van der Waals surface area contributed by atoms with Crippen molar-refractivity contribution in [1.29, 1.82) is 0 Å². The first-order valence-electron chi connectivity index (χ1n) is 14.7. The minimum Gasteiger partial charge on any atom is -1.00 e. The molecular formula is C31H58ClN. The van der Waals surface area contributed by atoms with E-state index >= 15 is 0 Å². The summed E-state index contributed by atoms with van der Waals surface area (Å²) in [5.41, 5.74) is 1.55. The third-order valence-corrected chi connectivity index (χ3v) is 7.32. The molecule has 194 valence electrons. The van der Waals surface area contributed by atoms with E-state index in [-0.39, 0.29) is 12.4 Å². The van der Waals surface area contributed by atoms with Crippen molar-refractivity contribution in [1.82, 2.24) is 0 Å². The van der Waals surface area contributed by atoms with Gasteiger partial charge in [-0.2, -0.15) is 0 Å². The molecule has 0 radical (unpaired) electrons. The van der Waals surface area contributed by atoms with Gasteiger partial charge in [-0.15, -0.1) is 0 Å². The van der Waals surface area contributed by atoms with Crippen molar-refractivity contribution in [3.63, 3.8) is 0 Å². The van der Waals surface area contributed by atoms with Crippen molar-refractivity contribution in [2.75, 3.05) is 19.6 Å². The Bertz CT molecular complexity index is 460. The van der Waals surface area contributed by atoms with Gasteiger partial charge in [-0.3, -0.25) is 0 Å². The van der Waals surface area contributed by atoms with Crippen LogP contribution in [-0.2, 0) is 6.54 Å². The van der Waals surface area contributed by atoms with E-state index in [1.54, 1.807) is 5.56 Å². The molecule has 0 saturated carbocycles. The topological polar surface area (TPSA) is 0 Å². The van der Waals surface area contributed by atoms with Crippen LogP contribution < -0.4 is 12.4 Å². The van der Waals surface area contributed by atoms with Gasteiger partial charge in [-0.25, -0.2) is 0 Å². The summed E-state index contributed by atoms with van der Waals surface area (Å²) in [5, 5.41) is 0. The van der Waals surface area contributed by atoms with Gasteiger partial charge in [0, 0.05) is 5.56 Å². The van der Waals surface area contributed by atoms with E-state index < -0.39 is 0 Å². The van der Waals surface area contributed by atoms with Crippen LogP contribution in [0.5, 0.6) is 0 Å². The number of rotatable bonds is 23. The summed E-state index contributed by atoms with van der Waals surface area (Å²) in [4.78, 5) is 0. The van der Waals surface area contributed by atoms with E-state index in [9.17, 15) is 0 Å². The van der Waals surface area contributed by atoms with E-state index in [2.05, 4.69) is 51.1 Å². The van der Waals surface area contributed by atoms with Crippen LogP contribution in [0.25, 0.3) is 0 Å². The molecule has 0 saturated heterocycles. The molecule has 1 aromatic rings. The first kappa shape index (κ1) is 32.5. The van der Waals surface area contributed by atoms with Gasteiger partial charge < -0.3 is 16.9 Å². The number of nitrogens with zero attached hydrogens (tertiary/aromatic N) is 1. The largest absolute Gasteiger partial charge is 1.00 e. The Morgan fingerprint density at radius 2 is 0.788 bits per heavy atom. The molecule has 0 unspecified atom stereocenters. The molecule has 0 amide bonds. The second-order valence-corrected chi connectivity index (χ2v) is 10.5. The number of quaternary nitrogens is 1. The Balaban J connectivity index is 0.0000102. The van der Waals surface area contributed by atoms with Gasteiger partial charge in [0.1, 0.15) is 6.54 Å². The lowest BCUT2D eigenvalue weighted by atomic mass is 10.0. The molecular weight excluding hydrogens is 422 g/mol. The fraction of sp³-hybridized carbons (Fsp3) is 0.806. The van der Waals surface area contributed by atoms with Crippen molar-refractivity contribution in [3.8, 4) is 0 Å². The Labute approximate surface area is 215 Å². The third-order valence-electron chi connectivity index (χ3n) is 7.32. The highest BCUT2D eigenvalue weighted by Gasteiger charge is 2.26. The molecule has 0 aliphatic rings. The van der Waals surface area contributed by atoms with Gasteiger partial charge >= 0.3 is 0 Å². The molecule has 0 aliphatic heterocycles. The van der Waals surface area contributed by atoms with Crippen LogP contribution in [0.4, 0.5) is 0 Å². The predicted octanol–water partition coefficient (Wildman–Crippen LogP) is 7.09. The maximum atomic E-state index is 2.37. The summed E-state index contributed by atoms with van der Waals surface area (Å²) in [6.45, 7) is 12.4. The molecule has 0 fully saturated rings. The Morgan fingerprint density at radius 3 is 1.15 bits per heavy atom. The summed E-state index contributed by atoms with van der Waals surface area (Å²) < 4.78 is 1.35. The van der Waals surface area contributed by atoms with E-state index in [0.29, 0.717) is 0 Å². The third kappa shape index (κ3) is 17.5. The molecule has 1 nitrogen and oxygen atoms in total. The SMILES string of the molecule is CCCCCCCC[N+](CCCCCCCC)(CCCCCCCC)Cc1ccccc1.[Cl-]. The van der Waals surface area contributed by atoms with E-state index in [4.69, 9.17) is 0 Å². The molecule has 0 aliphatic carbocycles. The van der Waals surface area contributed by atoms with Crippen LogP contribution in [-0.4, -0.2) is 24.1 Å². The van der Waals surface area contributed by atoms with Crippen LogP contribution in [0.1, 0.15) is 142 Å². The maximum absolute atomic E-state index is 2.37. The zero-order valence-corrected chi connectivity index (χ0v) is 23.5. The van der Waals surface area contributed by atoms with Gasteiger partial charge in [0.25, 0.3) is 0 Å². The molecule has 33 heavy (non-hydrogen) atoms. The maximum Gasteiger partial charge on any atom is 0.104 e. The fourth-order valence-corrected chi connectivity index (χ4v) is 5.23. The molecule has 0 heterocycles. The fourth-order valence-electron chi connectivity index (χ4n) is 5.23. The lowest BCUT2D eigenvalue weighted by molar-refractivity contribution is -0.941. The van der Waals surface area contributed by atoms with Gasteiger partial charge in [-0.1, -0.05) is 128 Å². The van der Waals surface area contributed by atoms with Crippen LogP contribution in [0.3, 0.4) is 0 Å². The summed E-state index contributed by atoms with van der Waals surface area (Å²) in [6, 6.07) is 11.4. The van der Waals surface area contributed by atoms with E-state index in [1.165, 1.54) is 146 Å². The zero-order chi connectivity index (χ0) is 23.2. The zero-order valence-electron chi connectivity index (χ0n) is 22.8. The van der Waals surface area contributed by atoms with Crippen molar-refractivity contribution in [2.24, 2.45) is 0 Å². The van der Waals surface area contributed by atoms with Crippen molar-refractivity contribution in [2.45, 2.75) is 143 Å². The van der Waals surface area contributed by atoms with Gasteiger partial charge in [-0.05, 0) is 38.5 Å². The minimum atomic E-state index is 0. The van der Waals surface area contributed by atoms with Crippen molar-refractivity contribution >= 4 is 0 Å². The Hall–Kier alpha value is -0.530. The highest BCUT2D eigenvalue weighted by atomic mass is 35.5. The summed E-state index contributed by atoms with van der Waals surface area (Å²) in [6.07, 6.45) is 25.5. The first-order valence-corrected chi connectivity index (χ1v) is 14.7. The molecule has 1 rings (SSSR count). The summed E-state index contributed by atoms with van der Waals surface area (Å²) >= 11 is 0. The molecule has 1 aromatic carbocycles. The molecule has 0 bridgehead atoms. The lowest BCUT2D eigenvalue weighted by Gasteiger charge is -2.39. The second kappa shape index (κ2) is 23.2. The summed E-state index contributed by atoms with van der Waals surface area (Å²) in [5.74, 6) is 0. The van der Waals surface area contributed by atoms with Crippen LogP contribution in [0, 0.1) is 0 Å². The van der Waals surface area contributed by atoms with E-state index in [1.807, 2.05) is 0 Å². The van der Waals surface area contributed by atoms with Crippen molar-refractivity contribution < 1.29 is 16.9 Å². The predicted molar refractivity (Wildman–Crippen MR) is 145 cm³/mol. The quantitative estimate of drug-likeness (QED) is 0.116. The van der Waals surface area contributed by atoms with Crippen LogP contribution in [0.15, 0.2) is 30.3 Å². The molecule has 0 aromatic heterocycles. The highest BCUT2D eigenvalue weighted by molar-refractivity contribution is 5.13. The number of hydrogen-bond acceptors (Lipinski definition) is 0. The average molecular weight is 480 g/mol. The van der Waals surface area contributed by atoms with Gasteiger partial charge in [0.2, 0.25) is 0 Å². The standard InChI is InChI=1S/C31H58N.ClH/c1-4-7-10-13-16-22-27-32(28-23-17-14-11-8-5-2,29-24-18-15-12-9-6-3)30-31-25-20-19-21-26-31;/h19-21,25-26H,4-18,22-24,27-30H2,1-3H3;1H/q+1;/p-1. The first-order chi connectivity index (χ1) is 15.8. The molecule has 2 heteroatoms. The number of halogens is 1. The smallest absolute Gasteiger partial charge is 0.104 e. The second-order valence-electron chi connectivity index (χ2n) is 10.5. The molecule has 0 atom stereocenters. The van der Waals surface area contributed by atoms with Crippen molar-refractivity contribution in [3.05, 3.63) is 35.9 Å². The lowest BCUT2D eigenvalue weighted by Crippen LogP contribution is -3.00. The highest BCUT2D eigenvalue weighted by Crippen LogP contribution is 2.22. The Morgan fingerprint density at radius 1 is 0.455 bits per heavy atom. The normalized spacial score (nSPS) is 11.5. The number of unbranched alkanes of at least 4 members (excludes halogenated alkanes) is 15. The Kier molecular flexibility index (Phi) is 22.9. The summed E-state index contributed by atoms with van der Waals surface area (Å²) in [7, 11) is 0. The van der Waals surface area contributed by atoms with Gasteiger partial charge in [0.15, 0.2) is 0 Å². The monoisotopic (exact) mass is 479 g/mol. The number of benzene rings is 1. The average Bonchev–Trinajstić information content (AvgIpc) is 2.81. The number of hydrogen-bond donors (Lipinski definition) is 0. The minimum absolute atomic E-state index is 0. The molecule has 0 N–H and O–H groups in total. The van der Waals surface area contributed by atoms with Gasteiger partial charge in [0.05, 0.1) is 19.6 Å². The van der Waals surface area contributed by atoms with E-state index in [0.717, 1.165) is 0 Å². The van der Waals surface area contributed by atoms with Crippen LogP contribution >= 0.6 is 0 Å².